The number of rotatable bonds is 5. The molecule has 0 bridgehead atoms. The molecule has 4 rings (SSSR count). The molecule has 142 valence electrons. The maximum atomic E-state index is 12.8. The molecular formula is C20H24N4O2S. The number of nitrogens with zero attached hydrogens (tertiary/aromatic N) is 3. The molecule has 1 aliphatic carbocycles. The maximum Gasteiger partial charge on any atom is 0.277 e. The Morgan fingerprint density at radius 3 is 2.85 bits per heavy atom. The van der Waals surface area contributed by atoms with E-state index in [1.54, 1.807) is 0 Å². The number of aromatic amines is 1. The lowest BCUT2D eigenvalue weighted by atomic mass is 9.94. The Kier molecular flexibility index (Phi) is 5.20. The molecule has 6 nitrogen and oxygen atoms in total. The van der Waals surface area contributed by atoms with Crippen LogP contribution in [0.15, 0.2) is 40.1 Å². The van der Waals surface area contributed by atoms with E-state index >= 15 is 0 Å². The Bertz CT molecular complexity index is 929. The zero-order valence-corrected chi connectivity index (χ0v) is 16.5. The lowest BCUT2D eigenvalue weighted by Gasteiger charge is -2.32. The van der Waals surface area contributed by atoms with Crippen molar-refractivity contribution in [2.75, 3.05) is 7.05 Å². The van der Waals surface area contributed by atoms with Gasteiger partial charge < -0.3 is 14.3 Å². The van der Waals surface area contributed by atoms with Crippen molar-refractivity contribution in [2.24, 2.45) is 0 Å². The highest BCUT2D eigenvalue weighted by atomic mass is 32.2. The summed E-state index contributed by atoms with van der Waals surface area (Å²) >= 11 is 1.33. The predicted molar refractivity (Wildman–Crippen MR) is 107 cm³/mol. The molecule has 0 radical (unpaired) electrons. The van der Waals surface area contributed by atoms with E-state index < -0.39 is 0 Å². The van der Waals surface area contributed by atoms with Crippen LogP contribution in [0.1, 0.15) is 39.0 Å². The van der Waals surface area contributed by atoms with Crippen LogP contribution >= 0.6 is 11.8 Å². The molecule has 1 aromatic carbocycles. The standard InChI is InChI=1S/C20H24N4O2S/c1-13(19(25)24(2)14-8-4-3-5-9-14)27-20-23-22-18(26-20)16-12-21-17-11-7-6-10-15(16)17/h6-7,10-14,21H,3-5,8-9H2,1-2H3/t13-/m1/s1. The minimum atomic E-state index is -0.256. The number of thioether (sulfide) groups is 1. The third-order valence-electron chi connectivity index (χ3n) is 5.32. The summed E-state index contributed by atoms with van der Waals surface area (Å²) in [5.74, 6) is 0.592. The van der Waals surface area contributed by atoms with E-state index in [1.165, 1.54) is 31.0 Å². The van der Waals surface area contributed by atoms with Gasteiger partial charge in [0.15, 0.2) is 0 Å². The summed E-state index contributed by atoms with van der Waals surface area (Å²) in [4.78, 5) is 17.9. The van der Waals surface area contributed by atoms with Gasteiger partial charge in [-0.3, -0.25) is 4.79 Å². The van der Waals surface area contributed by atoms with E-state index in [9.17, 15) is 4.79 Å². The molecule has 7 heteroatoms. The molecule has 27 heavy (non-hydrogen) atoms. The van der Waals surface area contributed by atoms with Crippen LogP contribution in [0, 0.1) is 0 Å². The van der Waals surface area contributed by atoms with E-state index in [1.807, 2.05) is 49.3 Å². The van der Waals surface area contributed by atoms with Crippen LogP contribution in [0.25, 0.3) is 22.4 Å². The van der Waals surface area contributed by atoms with Gasteiger partial charge in [-0.05, 0) is 25.8 Å². The van der Waals surface area contributed by atoms with E-state index in [-0.39, 0.29) is 11.2 Å². The maximum absolute atomic E-state index is 12.8. The minimum absolute atomic E-state index is 0.124. The van der Waals surface area contributed by atoms with Gasteiger partial charge in [-0.2, -0.15) is 0 Å². The van der Waals surface area contributed by atoms with Crippen molar-refractivity contribution < 1.29 is 9.21 Å². The first kappa shape index (κ1) is 18.1. The normalized spacial score (nSPS) is 16.5. The first-order valence-electron chi connectivity index (χ1n) is 9.47. The predicted octanol–water partition coefficient (Wildman–Crippen LogP) is 4.49. The van der Waals surface area contributed by atoms with Crippen molar-refractivity contribution >= 4 is 28.6 Å². The topological polar surface area (TPSA) is 75.0 Å². The molecule has 1 aliphatic rings. The van der Waals surface area contributed by atoms with Crippen LogP contribution in [0.4, 0.5) is 0 Å². The fourth-order valence-electron chi connectivity index (χ4n) is 3.75. The number of hydrogen-bond donors (Lipinski definition) is 1. The lowest BCUT2D eigenvalue weighted by Crippen LogP contribution is -2.42. The van der Waals surface area contributed by atoms with Crippen molar-refractivity contribution in [1.82, 2.24) is 20.1 Å². The number of fused-ring (bicyclic) bond motifs is 1. The molecule has 3 aromatic rings. The number of aromatic nitrogens is 3. The number of carbonyl (C=O) groups excluding carboxylic acids is 1. The highest BCUT2D eigenvalue weighted by Crippen LogP contribution is 2.31. The first-order chi connectivity index (χ1) is 13.1. The Balaban J connectivity index is 1.45. The van der Waals surface area contributed by atoms with Gasteiger partial charge in [0.25, 0.3) is 11.1 Å². The number of para-hydroxylation sites is 1. The first-order valence-corrected chi connectivity index (χ1v) is 10.3. The Labute approximate surface area is 162 Å². The number of hydrogen-bond acceptors (Lipinski definition) is 5. The van der Waals surface area contributed by atoms with E-state index in [4.69, 9.17) is 4.42 Å². The lowest BCUT2D eigenvalue weighted by molar-refractivity contribution is -0.131. The summed E-state index contributed by atoms with van der Waals surface area (Å²) in [6.45, 7) is 1.90. The smallest absolute Gasteiger partial charge is 0.277 e. The zero-order chi connectivity index (χ0) is 18.8. The third kappa shape index (κ3) is 3.74. The van der Waals surface area contributed by atoms with Gasteiger partial charge in [-0.1, -0.05) is 49.2 Å². The van der Waals surface area contributed by atoms with Crippen LogP contribution in [-0.2, 0) is 4.79 Å². The molecule has 1 fully saturated rings. The summed E-state index contributed by atoms with van der Waals surface area (Å²) in [6, 6.07) is 8.34. The zero-order valence-electron chi connectivity index (χ0n) is 15.6. The summed E-state index contributed by atoms with van der Waals surface area (Å²) in [6.07, 6.45) is 7.78. The molecule has 0 saturated heterocycles. The second kappa shape index (κ2) is 7.76. The fraction of sp³-hybridized carbons (Fsp3) is 0.450. The molecule has 0 spiro atoms. The number of nitrogens with one attached hydrogen (secondary N) is 1. The highest BCUT2D eigenvalue weighted by Gasteiger charge is 2.27. The Hall–Kier alpha value is -2.28. The van der Waals surface area contributed by atoms with Gasteiger partial charge in [-0.25, -0.2) is 0 Å². The molecule has 0 aliphatic heterocycles. The molecule has 1 amide bonds. The van der Waals surface area contributed by atoms with Gasteiger partial charge in [0.05, 0.1) is 10.8 Å². The average molecular weight is 385 g/mol. The van der Waals surface area contributed by atoms with Crippen LogP contribution in [-0.4, -0.2) is 44.3 Å². The van der Waals surface area contributed by atoms with Crippen molar-refractivity contribution in [2.45, 2.75) is 55.5 Å². The van der Waals surface area contributed by atoms with Gasteiger partial charge in [0, 0.05) is 30.2 Å². The van der Waals surface area contributed by atoms with E-state index in [0.29, 0.717) is 17.2 Å². The number of benzene rings is 1. The Morgan fingerprint density at radius 2 is 2.04 bits per heavy atom. The van der Waals surface area contributed by atoms with Crippen LogP contribution < -0.4 is 0 Å². The number of carbonyl (C=O) groups is 1. The van der Waals surface area contributed by atoms with Crippen molar-refractivity contribution in [1.29, 1.82) is 0 Å². The summed E-state index contributed by atoms with van der Waals surface area (Å²) in [5.41, 5.74) is 1.90. The van der Waals surface area contributed by atoms with Crippen LogP contribution in [0.5, 0.6) is 0 Å². The third-order valence-corrected chi connectivity index (χ3v) is 6.24. The largest absolute Gasteiger partial charge is 0.411 e. The summed E-state index contributed by atoms with van der Waals surface area (Å²) < 4.78 is 5.83. The molecular weight excluding hydrogens is 360 g/mol. The number of H-pyrrole nitrogens is 1. The Morgan fingerprint density at radius 1 is 1.26 bits per heavy atom. The second-order valence-electron chi connectivity index (χ2n) is 7.12. The van der Waals surface area contributed by atoms with E-state index in [2.05, 4.69) is 15.2 Å². The van der Waals surface area contributed by atoms with Gasteiger partial charge in [-0.15, -0.1) is 10.2 Å². The SMILES string of the molecule is C[C@@H](Sc1nnc(-c2c[nH]c3ccccc23)o1)C(=O)N(C)C1CCCCC1. The summed E-state index contributed by atoms with van der Waals surface area (Å²) in [7, 11) is 1.92. The fourth-order valence-corrected chi connectivity index (χ4v) is 4.54. The molecule has 1 atom stereocenters. The monoisotopic (exact) mass is 384 g/mol. The van der Waals surface area contributed by atoms with Gasteiger partial charge >= 0.3 is 0 Å². The molecule has 1 saturated carbocycles. The molecule has 1 N–H and O–H groups in total. The van der Waals surface area contributed by atoms with Crippen molar-refractivity contribution in [3.63, 3.8) is 0 Å². The molecule has 2 aromatic heterocycles. The van der Waals surface area contributed by atoms with Crippen LogP contribution in [0.2, 0.25) is 0 Å². The average Bonchev–Trinajstić information content (AvgIpc) is 3.34. The second-order valence-corrected chi connectivity index (χ2v) is 8.41. The quantitative estimate of drug-likeness (QED) is 0.656. The van der Waals surface area contributed by atoms with Crippen molar-refractivity contribution in [3.8, 4) is 11.5 Å². The minimum Gasteiger partial charge on any atom is -0.411 e. The van der Waals surface area contributed by atoms with Gasteiger partial charge in [0.2, 0.25) is 5.91 Å². The van der Waals surface area contributed by atoms with Crippen LogP contribution in [0.3, 0.4) is 0 Å². The number of amides is 1. The van der Waals surface area contributed by atoms with E-state index in [0.717, 1.165) is 29.3 Å². The molecule has 2 heterocycles. The molecule has 0 unspecified atom stereocenters. The van der Waals surface area contributed by atoms with Gasteiger partial charge in [0.1, 0.15) is 0 Å². The van der Waals surface area contributed by atoms with Crippen molar-refractivity contribution in [3.05, 3.63) is 30.5 Å². The highest BCUT2D eigenvalue weighted by molar-refractivity contribution is 8.00. The summed E-state index contributed by atoms with van der Waals surface area (Å²) in [5, 5.41) is 9.52.